The molecular formula is C19H17BrN10O. The number of nitrogens with two attached hydrogens (primary N) is 2. The maximum atomic E-state index is 13.5. The zero-order chi connectivity index (χ0) is 22.1. The molecule has 0 amide bonds. The molecule has 3 heterocycles. The summed E-state index contributed by atoms with van der Waals surface area (Å²) in [6.07, 6.45) is 2.05. The zero-order valence-corrected chi connectivity index (χ0v) is 17.9. The van der Waals surface area contributed by atoms with E-state index in [0.29, 0.717) is 33.4 Å². The van der Waals surface area contributed by atoms with Crippen molar-refractivity contribution in [2.24, 2.45) is 0 Å². The Morgan fingerprint density at radius 1 is 1.29 bits per heavy atom. The van der Waals surface area contributed by atoms with E-state index in [-0.39, 0.29) is 28.7 Å². The molecule has 0 saturated heterocycles. The number of nitrogens with one attached hydrogen (secondary N) is 2. The minimum atomic E-state index is -0.514. The van der Waals surface area contributed by atoms with Gasteiger partial charge in [0.05, 0.1) is 23.1 Å². The van der Waals surface area contributed by atoms with Crippen LogP contribution in [0.15, 0.2) is 39.7 Å². The first-order chi connectivity index (χ1) is 14.9. The van der Waals surface area contributed by atoms with E-state index in [1.165, 1.54) is 4.57 Å². The number of aromatic amines is 1. The molecule has 4 aromatic rings. The lowest BCUT2D eigenvalue weighted by Crippen LogP contribution is -2.29. The number of aromatic nitrogens is 6. The Bertz CT molecular complexity index is 1370. The third-order valence-electron chi connectivity index (χ3n) is 4.70. The standard InChI is InChI=1S/C19H17BrN10O/c1-2-11(25-16-9(8-21)15(22)27-19(23)28-16)17-26-12-5-3-4-10(20)14(12)18(31)30(17)13-6-7-24-29-13/h3-7,11H,2H2,1H3,(H,24,29)(H5,22,23,25,27,28)/t11-/m0/s1. The quantitative estimate of drug-likeness (QED) is 0.333. The molecule has 0 aliphatic rings. The average Bonchev–Trinajstić information content (AvgIpc) is 3.25. The van der Waals surface area contributed by atoms with Gasteiger partial charge in [0.1, 0.15) is 29.1 Å². The van der Waals surface area contributed by atoms with E-state index >= 15 is 0 Å². The smallest absolute Gasteiger partial charge is 0.268 e. The summed E-state index contributed by atoms with van der Waals surface area (Å²) in [5.74, 6) is 0.914. The Morgan fingerprint density at radius 2 is 2.10 bits per heavy atom. The highest BCUT2D eigenvalue weighted by Crippen LogP contribution is 2.28. The third-order valence-corrected chi connectivity index (χ3v) is 5.36. The van der Waals surface area contributed by atoms with Gasteiger partial charge in [0, 0.05) is 10.5 Å². The molecule has 156 valence electrons. The van der Waals surface area contributed by atoms with Gasteiger partial charge in [0.25, 0.3) is 5.56 Å². The van der Waals surface area contributed by atoms with E-state index in [1.807, 2.05) is 13.0 Å². The molecule has 0 unspecified atom stereocenters. The van der Waals surface area contributed by atoms with Crippen LogP contribution in [0.4, 0.5) is 17.6 Å². The van der Waals surface area contributed by atoms with Crippen molar-refractivity contribution in [3.05, 3.63) is 56.7 Å². The second-order valence-electron chi connectivity index (χ2n) is 6.59. The van der Waals surface area contributed by atoms with Crippen molar-refractivity contribution in [3.63, 3.8) is 0 Å². The Kier molecular flexibility index (Phi) is 5.26. The lowest BCUT2D eigenvalue weighted by molar-refractivity contribution is 0.652. The van der Waals surface area contributed by atoms with E-state index < -0.39 is 6.04 Å². The van der Waals surface area contributed by atoms with Crippen LogP contribution in [0.2, 0.25) is 0 Å². The zero-order valence-electron chi connectivity index (χ0n) is 16.3. The molecule has 4 rings (SSSR count). The lowest BCUT2D eigenvalue weighted by atomic mass is 10.1. The van der Waals surface area contributed by atoms with Crippen LogP contribution in [0.25, 0.3) is 16.7 Å². The fourth-order valence-electron chi connectivity index (χ4n) is 3.27. The largest absolute Gasteiger partial charge is 0.382 e. The number of nitrogens with zero attached hydrogens (tertiary/aromatic N) is 6. The fourth-order valence-corrected chi connectivity index (χ4v) is 3.80. The molecule has 6 N–H and O–H groups in total. The monoisotopic (exact) mass is 480 g/mol. The highest BCUT2D eigenvalue weighted by molar-refractivity contribution is 9.10. The SMILES string of the molecule is CC[C@H](Nc1nc(N)nc(N)c1C#N)c1nc2cccc(Br)c2c(=O)n1-c1ccn[nH]1. The predicted octanol–water partition coefficient (Wildman–Crippen LogP) is 2.26. The van der Waals surface area contributed by atoms with Crippen LogP contribution in [0, 0.1) is 11.3 Å². The molecule has 0 bridgehead atoms. The minimum Gasteiger partial charge on any atom is -0.382 e. The molecular weight excluding hydrogens is 464 g/mol. The number of nitriles is 1. The second-order valence-corrected chi connectivity index (χ2v) is 7.45. The van der Waals surface area contributed by atoms with Crippen LogP contribution in [-0.2, 0) is 0 Å². The van der Waals surface area contributed by atoms with Gasteiger partial charge in [-0.05, 0) is 34.5 Å². The van der Waals surface area contributed by atoms with Gasteiger partial charge in [-0.3, -0.25) is 9.89 Å². The molecule has 0 fully saturated rings. The normalized spacial score (nSPS) is 11.9. The molecule has 1 aromatic carbocycles. The van der Waals surface area contributed by atoms with Crippen molar-refractivity contribution < 1.29 is 0 Å². The summed E-state index contributed by atoms with van der Waals surface area (Å²) >= 11 is 3.44. The van der Waals surface area contributed by atoms with Crippen LogP contribution in [-0.4, -0.2) is 29.7 Å². The fraction of sp³-hybridized carbons (Fsp3) is 0.158. The summed E-state index contributed by atoms with van der Waals surface area (Å²) in [4.78, 5) is 26.2. The summed E-state index contributed by atoms with van der Waals surface area (Å²) < 4.78 is 2.08. The van der Waals surface area contributed by atoms with Crippen molar-refractivity contribution >= 4 is 44.4 Å². The number of hydrogen-bond acceptors (Lipinski definition) is 9. The topological polar surface area (TPSA) is 177 Å². The molecule has 11 nitrogen and oxygen atoms in total. The van der Waals surface area contributed by atoms with Crippen molar-refractivity contribution in [1.82, 2.24) is 29.7 Å². The number of nitrogen functional groups attached to an aromatic ring is 2. The summed E-state index contributed by atoms with van der Waals surface area (Å²) in [6.45, 7) is 1.91. The molecule has 31 heavy (non-hydrogen) atoms. The molecule has 0 spiro atoms. The number of halogens is 1. The van der Waals surface area contributed by atoms with Gasteiger partial charge in [-0.1, -0.05) is 13.0 Å². The van der Waals surface area contributed by atoms with Crippen molar-refractivity contribution in [3.8, 4) is 11.9 Å². The Labute approximate surface area is 184 Å². The average molecular weight is 481 g/mol. The number of H-pyrrole nitrogens is 1. The van der Waals surface area contributed by atoms with Crippen LogP contribution in [0.3, 0.4) is 0 Å². The first-order valence-electron chi connectivity index (χ1n) is 9.25. The van der Waals surface area contributed by atoms with E-state index in [0.717, 1.165) is 0 Å². The number of benzene rings is 1. The minimum absolute atomic E-state index is 0.0336. The van der Waals surface area contributed by atoms with Crippen molar-refractivity contribution in [2.75, 3.05) is 16.8 Å². The van der Waals surface area contributed by atoms with E-state index in [2.05, 4.69) is 41.4 Å². The van der Waals surface area contributed by atoms with Gasteiger partial charge in [-0.25, -0.2) is 9.55 Å². The number of fused-ring (bicyclic) bond motifs is 1. The molecule has 0 aliphatic carbocycles. The Morgan fingerprint density at radius 3 is 2.77 bits per heavy atom. The summed E-state index contributed by atoms with van der Waals surface area (Å²) in [5, 5.41) is 19.9. The molecule has 3 aromatic heterocycles. The van der Waals surface area contributed by atoms with E-state index in [9.17, 15) is 10.1 Å². The van der Waals surface area contributed by atoms with Gasteiger partial charge < -0.3 is 16.8 Å². The highest BCUT2D eigenvalue weighted by Gasteiger charge is 2.23. The molecule has 1 atom stereocenters. The predicted molar refractivity (Wildman–Crippen MR) is 119 cm³/mol. The first kappa shape index (κ1) is 20.3. The van der Waals surface area contributed by atoms with Crippen LogP contribution in [0.1, 0.15) is 30.8 Å². The van der Waals surface area contributed by atoms with Gasteiger partial charge in [-0.15, -0.1) is 0 Å². The maximum absolute atomic E-state index is 13.5. The molecule has 12 heteroatoms. The third kappa shape index (κ3) is 3.55. The Balaban J connectivity index is 1.95. The summed E-state index contributed by atoms with van der Waals surface area (Å²) in [6, 6.07) is 8.48. The van der Waals surface area contributed by atoms with Gasteiger partial charge in [0.15, 0.2) is 5.82 Å². The van der Waals surface area contributed by atoms with Gasteiger partial charge in [0.2, 0.25) is 5.95 Å². The maximum Gasteiger partial charge on any atom is 0.268 e. The summed E-state index contributed by atoms with van der Waals surface area (Å²) in [7, 11) is 0. The Hall–Kier alpha value is -3.98. The lowest BCUT2D eigenvalue weighted by Gasteiger charge is -2.22. The van der Waals surface area contributed by atoms with Crippen molar-refractivity contribution in [1.29, 1.82) is 5.26 Å². The molecule has 0 saturated carbocycles. The van der Waals surface area contributed by atoms with Crippen LogP contribution >= 0.6 is 15.9 Å². The van der Waals surface area contributed by atoms with E-state index in [1.54, 1.807) is 30.5 Å². The highest BCUT2D eigenvalue weighted by atomic mass is 79.9. The molecule has 0 aliphatic heterocycles. The van der Waals surface area contributed by atoms with Crippen LogP contribution < -0.4 is 22.3 Å². The summed E-state index contributed by atoms with van der Waals surface area (Å²) in [5.41, 5.74) is 11.9. The van der Waals surface area contributed by atoms with E-state index in [4.69, 9.17) is 16.5 Å². The first-order valence-corrected chi connectivity index (χ1v) is 10.0. The number of rotatable bonds is 5. The van der Waals surface area contributed by atoms with Gasteiger partial charge >= 0.3 is 0 Å². The van der Waals surface area contributed by atoms with Crippen molar-refractivity contribution in [2.45, 2.75) is 19.4 Å². The van der Waals surface area contributed by atoms with Gasteiger partial charge in [-0.2, -0.15) is 20.3 Å². The number of anilines is 3. The molecule has 0 radical (unpaired) electrons. The second kappa shape index (κ2) is 8.04. The number of hydrogen-bond donors (Lipinski definition) is 4. The van der Waals surface area contributed by atoms with Crippen LogP contribution in [0.5, 0.6) is 0 Å².